The van der Waals surface area contributed by atoms with Crippen molar-refractivity contribution in [2.24, 2.45) is 0 Å². The van der Waals surface area contributed by atoms with Crippen LogP contribution in [0.1, 0.15) is 30.1 Å². The molecule has 136 valence electrons. The number of carbonyl (C=O) groups is 2. The van der Waals surface area contributed by atoms with E-state index in [1.807, 2.05) is 43.3 Å². The second-order valence-electron chi connectivity index (χ2n) is 6.71. The molecule has 0 aromatic heterocycles. The van der Waals surface area contributed by atoms with E-state index in [4.69, 9.17) is 4.74 Å². The normalized spacial score (nSPS) is 22.8. The molecule has 2 aromatic rings. The average molecular weight is 353 g/mol. The molecule has 2 aromatic carbocycles. The third-order valence-corrected chi connectivity index (χ3v) is 4.97. The Morgan fingerprint density at radius 3 is 2.31 bits per heavy atom. The molecule has 0 aliphatic carbocycles. The van der Waals surface area contributed by atoms with Crippen LogP contribution in [0.25, 0.3) is 0 Å². The molecule has 0 radical (unpaired) electrons. The molecule has 1 N–H and O–H groups in total. The monoisotopic (exact) mass is 353 g/mol. The highest BCUT2D eigenvalue weighted by Crippen LogP contribution is 2.33. The van der Waals surface area contributed by atoms with E-state index in [1.54, 1.807) is 24.3 Å². The summed E-state index contributed by atoms with van der Waals surface area (Å²) in [6, 6.07) is 18.7. The highest BCUT2D eigenvalue weighted by atomic mass is 16.5. The Kier molecular flexibility index (Phi) is 5.38. The van der Waals surface area contributed by atoms with Gasteiger partial charge in [0, 0.05) is 36.7 Å². The number of anilines is 1. The third-order valence-electron chi connectivity index (χ3n) is 4.97. The summed E-state index contributed by atoms with van der Waals surface area (Å²) in [5.41, 5.74) is 0.275. The molecule has 0 saturated carbocycles. The number of benzene rings is 2. The van der Waals surface area contributed by atoms with Gasteiger partial charge in [-0.15, -0.1) is 0 Å². The number of piperidine rings is 1. The fourth-order valence-corrected chi connectivity index (χ4v) is 3.51. The summed E-state index contributed by atoms with van der Waals surface area (Å²) in [7, 11) is 0. The summed E-state index contributed by atoms with van der Waals surface area (Å²) >= 11 is 0. The SMILES string of the molecule is CC1CC(OCC(=O)c2ccccc2)(C(=O)O)CCN1c1ccccc1. The lowest BCUT2D eigenvalue weighted by atomic mass is 9.86. The molecule has 5 nitrogen and oxygen atoms in total. The second-order valence-corrected chi connectivity index (χ2v) is 6.71. The highest BCUT2D eigenvalue weighted by Gasteiger charge is 2.46. The van der Waals surface area contributed by atoms with Gasteiger partial charge in [-0.25, -0.2) is 4.79 Å². The minimum atomic E-state index is -1.32. The van der Waals surface area contributed by atoms with Crippen LogP contribution in [0.3, 0.4) is 0 Å². The van der Waals surface area contributed by atoms with Gasteiger partial charge in [-0.05, 0) is 19.1 Å². The number of nitrogens with zero attached hydrogens (tertiary/aromatic N) is 1. The van der Waals surface area contributed by atoms with E-state index in [9.17, 15) is 14.7 Å². The van der Waals surface area contributed by atoms with Crippen molar-refractivity contribution < 1.29 is 19.4 Å². The van der Waals surface area contributed by atoms with E-state index in [0.717, 1.165) is 5.69 Å². The summed E-state index contributed by atoms with van der Waals surface area (Å²) in [5.74, 6) is -1.21. The van der Waals surface area contributed by atoms with E-state index in [2.05, 4.69) is 4.90 Å². The molecule has 2 unspecified atom stereocenters. The Morgan fingerprint density at radius 2 is 1.73 bits per heavy atom. The molecule has 1 fully saturated rings. The summed E-state index contributed by atoms with van der Waals surface area (Å²) in [5, 5.41) is 9.79. The van der Waals surface area contributed by atoms with Gasteiger partial charge in [-0.1, -0.05) is 48.5 Å². The first-order valence-corrected chi connectivity index (χ1v) is 8.79. The zero-order chi connectivity index (χ0) is 18.6. The van der Waals surface area contributed by atoms with Crippen molar-refractivity contribution in [3.05, 3.63) is 66.2 Å². The Bertz CT molecular complexity index is 762. The number of Topliss-reactive ketones (excluding diaryl/α,β-unsaturated/α-hetero) is 1. The molecule has 1 heterocycles. The van der Waals surface area contributed by atoms with Crippen LogP contribution in [-0.2, 0) is 9.53 Å². The van der Waals surface area contributed by atoms with Gasteiger partial charge in [0.25, 0.3) is 0 Å². The van der Waals surface area contributed by atoms with Crippen LogP contribution in [0.2, 0.25) is 0 Å². The van der Waals surface area contributed by atoms with Gasteiger partial charge in [0.15, 0.2) is 11.4 Å². The van der Waals surface area contributed by atoms with Crippen molar-refractivity contribution in [3.63, 3.8) is 0 Å². The first-order chi connectivity index (χ1) is 12.5. The van der Waals surface area contributed by atoms with E-state index in [1.165, 1.54) is 0 Å². The topological polar surface area (TPSA) is 66.8 Å². The quantitative estimate of drug-likeness (QED) is 0.806. The van der Waals surface area contributed by atoms with Crippen LogP contribution < -0.4 is 4.90 Å². The van der Waals surface area contributed by atoms with Crippen molar-refractivity contribution >= 4 is 17.4 Å². The number of aliphatic carboxylic acids is 1. The van der Waals surface area contributed by atoms with Crippen LogP contribution in [-0.4, -0.2) is 41.7 Å². The molecule has 1 aliphatic rings. The number of hydrogen-bond acceptors (Lipinski definition) is 4. The fourth-order valence-electron chi connectivity index (χ4n) is 3.51. The van der Waals surface area contributed by atoms with Gasteiger partial charge in [0.2, 0.25) is 0 Å². The van der Waals surface area contributed by atoms with Crippen molar-refractivity contribution in [1.82, 2.24) is 0 Å². The smallest absolute Gasteiger partial charge is 0.336 e. The van der Waals surface area contributed by atoms with Crippen LogP contribution >= 0.6 is 0 Å². The molecule has 1 saturated heterocycles. The van der Waals surface area contributed by atoms with Gasteiger partial charge < -0.3 is 14.7 Å². The largest absolute Gasteiger partial charge is 0.479 e. The van der Waals surface area contributed by atoms with Crippen molar-refractivity contribution in [2.75, 3.05) is 18.1 Å². The van der Waals surface area contributed by atoms with Crippen LogP contribution in [0, 0.1) is 0 Å². The number of carboxylic acid groups (broad SMARTS) is 1. The van der Waals surface area contributed by atoms with Crippen LogP contribution in [0.15, 0.2) is 60.7 Å². The Hall–Kier alpha value is -2.66. The highest BCUT2D eigenvalue weighted by molar-refractivity contribution is 5.97. The van der Waals surface area contributed by atoms with E-state index < -0.39 is 11.6 Å². The standard InChI is InChI=1S/C21H23NO4/c1-16-14-21(20(24)25,12-13-22(16)18-10-6-3-7-11-18)26-15-19(23)17-8-4-2-5-9-17/h2-11,16H,12-15H2,1H3,(H,24,25). The fraction of sp³-hybridized carbons (Fsp3) is 0.333. The van der Waals surface area contributed by atoms with Gasteiger partial charge in [-0.2, -0.15) is 0 Å². The molecule has 2 atom stereocenters. The summed E-state index contributed by atoms with van der Waals surface area (Å²) < 4.78 is 5.73. The van der Waals surface area contributed by atoms with Gasteiger partial charge >= 0.3 is 5.97 Å². The van der Waals surface area contributed by atoms with Crippen molar-refractivity contribution in [3.8, 4) is 0 Å². The maximum atomic E-state index is 12.3. The van der Waals surface area contributed by atoms with Gasteiger partial charge in [0.1, 0.15) is 6.61 Å². The number of carboxylic acids is 1. The molecule has 0 spiro atoms. The third kappa shape index (κ3) is 3.78. The van der Waals surface area contributed by atoms with Crippen molar-refractivity contribution in [2.45, 2.75) is 31.4 Å². The molecule has 5 heteroatoms. The molecule has 1 aliphatic heterocycles. The number of ether oxygens (including phenoxy) is 1. The number of ketones is 1. The zero-order valence-corrected chi connectivity index (χ0v) is 14.8. The minimum absolute atomic E-state index is 0.00548. The Morgan fingerprint density at radius 1 is 1.12 bits per heavy atom. The first kappa shape index (κ1) is 18.1. The van der Waals surface area contributed by atoms with Gasteiger partial charge in [-0.3, -0.25) is 4.79 Å². The van der Waals surface area contributed by atoms with Gasteiger partial charge in [0.05, 0.1) is 0 Å². The molecule has 0 bridgehead atoms. The average Bonchev–Trinajstić information content (AvgIpc) is 2.67. The summed E-state index contributed by atoms with van der Waals surface area (Å²) in [4.78, 5) is 26.4. The van der Waals surface area contributed by atoms with Crippen LogP contribution in [0.5, 0.6) is 0 Å². The Labute approximate surface area is 153 Å². The lowest BCUT2D eigenvalue weighted by Gasteiger charge is -2.44. The maximum absolute atomic E-state index is 12.3. The first-order valence-electron chi connectivity index (χ1n) is 8.79. The van der Waals surface area contributed by atoms with Crippen LogP contribution in [0.4, 0.5) is 5.69 Å². The summed E-state index contributed by atoms with van der Waals surface area (Å²) in [6.07, 6.45) is 0.670. The molecule has 26 heavy (non-hydrogen) atoms. The van der Waals surface area contributed by atoms with Crippen molar-refractivity contribution in [1.29, 1.82) is 0 Å². The van der Waals surface area contributed by atoms with E-state index in [0.29, 0.717) is 24.9 Å². The Balaban J connectivity index is 1.70. The molecular formula is C21H23NO4. The second kappa shape index (κ2) is 7.70. The van der Waals surface area contributed by atoms with E-state index >= 15 is 0 Å². The lowest BCUT2D eigenvalue weighted by molar-refractivity contribution is -0.168. The number of carbonyl (C=O) groups excluding carboxylic acids is 1. The number of hydrogen-bond donors (Lipinski definition) is 1. The predicted molar refractivity (Wildman–Crippen MR) is 99.6 cm³/mol. The molecule has 3 rings (SSSR count). The maximum Gasteiger partial charge on any atom is 0.336 e. The summed E-state index contributed by atoms with van der Waals surface area (Å²) in [6.45, 7) is 2.33. The predicted octanol–water partition coefficient (Wildman–Crippen LogP) is 3.40. The number of rotatable bonds is 6. The zero-order valence-electron chi connectivity index (χ0n) is 14.8. The number of para-hydroxylation sites is 1. The minimum Gasteiger partial charge on any atom is -0.479 e. The molecular weight excluding hydrogens is 330 g/mol. The van der Waals surface area contributed by atoms with E-state index in [-0.39, 0.29) is 18.4 Å². The lowest BCUT2D eigenvalue weighted by Crippen LogP contribution is -2.55. The molecule has 0 amide bonds.